The van der Waals surface area contributed by atoms with E-state index in [2.05, 4.69) is 10.6 Å². The van der Waals surface area contributed by atoms with Gasteiger partial charge in [-0.3, -0.25) is 4.79 Å². The van der Waals surface area contributed by atoms with Gasteiger partial charge in [0.25, 0.3) is 0 Å². The van der Waals surface area contributed by atoms with Crippen molar-refractivity contribution >= 4 is 24.0 Å². The normalized spacial score (nSPS) is 20.8. The second-order valence-corrected chi connectivity index (χ2v) is 6.81. The van der Waals surface area contributed by atoms with E-state index in [1.54, 1.807) is 0 Å². The van der Waals surface area contributed by atoms with Crippen LogP contribution in [-0.4, -0.2) is 38.8 Å². The standard InChI is InChI=1S/C19H28N2O3.ClH/c1-2-23-10-11-24-14-15-4-3-5-16(12-15)21-18(22)17-13-19(17)6-8-20-9-7-19;/h3-5,12,17,20H,2,6-11,13-14H2,1H3,(H,21,22);1H. The van der Waals surface area contributed by atoms with Crippen LogP contribution in [0.25, 0.3) is 0 Å². The van der Waals surface area contributed by atoms with E-state index < -0.39 is 0 Å². The molecule has 0 bridgehead atoms. The number of hydrogen-bond donors (Lipinski definition) is 2. The molecular formula is C19H29ClN2O3. The summed E-state index contributed by atoms with van der Waals surface area (Å²) >= 11 is 0. The smallest absolute Gasteiger partial charge is 0.228 e. The largest absolute Gasteiger partial charge is 0.379 e. The summed E-state index contributed by atoms with van der Waals surface area (Å²) in [5, 5.41) is 6.46. The summed E-state index contributed by atoms with van der Waals surface area (Å²) in [4.78, 5) is 12.5. The Morgan fingerprint density at radius 2 is 2.04 bits per heavy atom. The molecule has 1 aromatic carbocycles. The summed E-state index contributed by atoms with van der Waals surface area (Å²) in [6, 6.07) is 7.92. The van der Waals surface area contributed by atoms with Gasteiger partial charge >= 0.3 is 0 Å². The third-order valence-electron chi connectivity index (χ3n) is 5.14. The first-order valence-electron chi connectivity index (χ1n) is 8.99. The Morgan fingerprint density at radius 3 is 2.80 bits per heavy atom. The van der Waals surface area contributed by atoms with Crippen LogP contribution in [0.4, 0.5) is 5.69 Å². The second kappa shape index (κ2) is 9.53. The monoisotopic (exact) mass is 368 g/mol. The van der Waals surface area contributed by atoms with Crippen molar-refractivity contribution in [3.05, 3.63) is 29.8 Å². The molecule has 25 heavy (non-hydrogen) atoms. The lowest BCUT2D eigenvalue weighted by Gasteiger charge is -2.23. The highest BCUT2D eigenvalue weighted by molar-refractivity contribution is 5.95. The third-order valence-corrected chi connectivity index (χ3v) is 5.14. The summed E-state index contributed by atoms with van der Waals surface area (Å²) in [5.41, 5.74) is 2.20. The molecule has 2 aliphatic rings. The minimum Gasteiger partial charge on any atom is -0.379 e. The van der Waals surface area contributed by atoms with Gasteiger partial charge in [-0.15, -0.1) is 12.4 Å². The van der Waals surface area contributed by atoms with Crippen molar-refractivity contribution in [2.45, 2.75) is 32.8 Å². The van der Waals surface area contributed by atoms with Gasteiger partial charge in [0.1, 0.15) is 0 Å². The van der Waals surface area contributed by atoms with Gasteiger partial charge in [0.15, 0.2) is 0 Å². The Bertz CT molecular complexity index is 561. The SMILES string of the molecule is CCOCCOCc1cccc(NC(=O)C2CC23CCNCC3)c1.Cl. The quantitative estimate of drug-likeness (QED) is 0.692. The van der Waals surface area contributed by atoms with E-state index in [4.69, 9.17) is 9.47 Å². The van der Waals surface area contributed by atoms with Crippen LogP contribution >= 0.6 is 12.4 Å². The number of rotatable bonds is 8. The molecule has 1 aliphatic heterocycles. The molecule has 140 valence electrons. The molecule has 1 atom stereocenters. The highest BCUT2D eigenvalue weighted by Gasteiger charge is 2.57. The Balaban J connectivity index is 0.00000225. The molecule has 5 nitrogen and oxygen atoms in total. The van der Waals surface area contributed by atoms with E-state index in [-0.39, 0.29) is 29.6 Å². The fraction of sp³-hybridized carbons (Fsp3) is 0.632. The number of hydrogen-bond acceptors (Lipinski definition) is 4. The van der Waals surface area contributed by atoms with Crippen LogP contribution in [0, 0.1) is 11.3 Å². The summed E-state index contributed by atoms with van der Waals surface area (Å²) in [6.07, 6.45) is 3.29. The molecule has 1 heterocycles. The molecule has 2 N–H and O–H groups in total. The zero-order chi connectivity index (χ0) is 16.8. The molecule has 0 radical (unpaired) electrons. The lowest BCUT2D eigenvalue weighted by atomic mass is 9.92. The van der Waals surface area contributed by atoms with E-state index in [9.17, 15) is 4.79 Å². The Kier molecular flexibility index (Phi) is 7.69. The van der Waals surface area contributed by atoms with Crippen molar-refractivity contribution in [1.29, 1.82) is 0 Å². The molecule has 1 amide bonds. The van der Waals surface area contributed by atoms with Crippen LogP contribution in [0.3, 0.4) is 0 Å². The number of carbonyl (C=O) groups excluding carboxylic acids is 1. The molecule has 0 aromatic heterocycles. The van der Waals surface area contributed by atoms with Crippen molar-refractivity contribution in [3.8, 4) is 0 Å². The van der Waals surface area contributed by atoms with Crippen LogP contribution in [0.1, 0.15) is 31.7 Å². The minimum atomic E-state index is 0. The lowest BCUT2D eigenvalue weighted by molar-refractivity contribution is -0.118. The zero-order valence-electron chi connectivity index (χ0n) is 14.9. The molecule has 6 heteroatoms. The first kappa shape index (κ1) is 20.2. The van der Waals surface area contributed by atoms with Gasteiger partial charge in [0, 0.05) is 18.2 Å². The summed E-state index contributed by atoms with van der Waals surface area (Å²) in [5.74, 6) is 0.358. The highest BCUT2D eigenvalue weighted by atomic mass is 35.5. The van der Waals surface area contributed by atoms with E-state index in [1.807, 2.05) is 31.2 Å². The van der Waals surface area contributed by atoms with Crippen LogP contribution in [-0.2, 0) is 20.9 Å². The number of benzene rings is 1. The molecule has 3 rings (SSSR count). The van der Waals surface area contributed by atoms with Gasteiger partial charge in [-0.1, -0.05) is 12.1 Å². The number of piperidine rings is 1. The maximum atomic E-state index is 12.5. The predicted molar refractivity (Wildman–Crippen MR) is 101 cm³/mol. The minimum absolute atomic E-state index is 0. The molecule has 1 aliphatic carbocycles. The van der Waals surface area contributed by atoms with Crippen LogP contribution in [0.2, 0.25) is 0 Å². The average Bonchev–Trinajstić information content (AvgIpc) is 3.29. The van der Waals surface area contributed by atoms with E-state index in [1.165, 1.54) is 0 Å². The van der Waals surface area contributed by atoms with Crippen LogP contribution in [0.5, 0.6) is 0 Å². The van der Waals surface area contributed by atoms with Crippen molar-refractivity contribution in [1.82, 2.24) is 5.32 Å². The number of amides is 1. The predicted octanol–water partition coefficient (Wildman–Crippen LogP) is 2.99. The lowest BCUT2D eigenvalue weighted by Crippen LogP contribution is -2.31. The molecule has 1 saturated heterocycles. The van der Waals surface area contributed by atoms with Crippen molar-refractivity contribution < 1.29 is 14.3 Å². The van der Waals surface area contributed by atoms with Crippen LogP contribution < -0.4 is 10.6 Å². The fourth-order valence-electron chi connectivity index (χ4n) is 3.62. The molecule has 1 unspecified atom stereocenters. The fourth-order valence-corrected chi connectivity index (χ4v) is 3.62. The van der Waals surface area contributed by atoms with Gasteiger partial charge in [-0.05, 0) is 62.4 Å². The molecule has 2 fully saturated rings. The van der Waals surface area contributed by atoms with Gasteiger partial charge in [-0.2, -0.15) is 0 Å². The zero-order valence-corrected chi connectivity index (χ0v) is 15.7. The van der Waals surface area contributed by atoms with Gasteiger partial charge in [0.05, 0.1) is 19.8 Å². The first-order chi connectivity index (χ1) is 11.7. The molecule has 1 spiro atoms. The Labute approximate surface area is 156 Å². The number of nitrogens with one attached hydrogen (secondary N) is 2. The van der Waals surface area contributed by atoms with Crippen LogP contribution in [0.15, 0.2) is 24.3 Å². The summed E-state index contributed by atoms with van der Waals surface area (Å²) in [6.45, 7) is 6.50. The van der Waals surface area contributed by atoms with E-state index in [0.717, 1.165) is 43.6 Å². The second-order valence-electron chi connectivity index (χ2n) is 6.81. The van der Waals surface area contributed by atoms with Gasteiger partial charge in [0.2, 0.25) is 5.91 Å². The van der Waals surface area contributed by atoms with Gasteiger partial charge in [-0.25, -0.2) is 0 Å². The number of anilines is 1. The maximum absolute atomic E-state index is 12.5. The average molecular weight is 369 g/mol. The highest BCUT2D eigenvalue weighted by Crippen LogP contribution is 2.58. The Morgan fingerprint density at radius 1 is 1.28 bits per heavy atom. The summed E-state index contributed by atoms with van der Waals surface area (Å²) in [7, 11) is 0. The number of halogens is 1. The number of ether oxygens (including phenoxy) is 2. The Hall–Kier alpha value is -1.14. The van der Waals surface area contributed by atoms with E-state index >= 15 is 0 Å². The maximum Gasteiger partial charge on any atom is 0.228 e. The van der Waals surface area contributed by atoms with Gasteiger partial charge < -0.3 is 20.1 Å². The molecular weight excluding hydrogens is 340 g/mol. The van der Waals surface area contributed by atoms with E-state index in [0.29, 0.717) is 26.4 Å². The first-order valence-corrected chi connectivity index (χ1v) is 8.99. The van der Waals surface area contributed by atoms with Crippen molar-refractivity contribution in [2.24, 2.45) is 11.3 Å². The third kappa shape index (κ3) is 5.42. The number of carbonyl (C=O) groups is 1. The topological polar surface area (TPSA) is 59.6 Å². The molecule has 1 saturated carbocycles. The molecule has 1 aromatic rings. The summed E-state index contributed by atoms with van der Waals surface area (Å²) < 4.78 is 10.8. The van der Waals surface area contributed by atoms with Crippen molar-refractivity contribution in [3.63, 3.8) is 0 Å². The van der Waals surface area contributed by atoms with Crippen molar-refractivity contribution in [2.75, 3.05) is 38.2 Å².